The van der Waals surface area contributed by atoms with E-state index in [1.54, 1.807) is 6.08 Å². The van der Waals surface area contributed by atoms with Crippen molar-refractivity contribution in [2.75, 3.05) is 0 Å². The molecule has 0 amide bonds. The van der Waals surface area contributed by atoms with Gasteiger partial charge in [-0.25, -0.2) is 4.98 Å². The number of rotatable bonds is 8. The Morgan fingerprint density at radius 2 is 1.66 bits per heavy atom. The Bertz CT molecular complexity index is 921. The standard InChI is InChI=1S/C24H22F3NO/c1-2-18(19-14-16-20(17-15-19)24(25,26)27)8-6-9-21-10-7-13-23(28-21)29-22-11-4-3-5-12-22/h2-5,7,10-18H,1,6,8-9H2. The highest BCUT2D eigenvalue weighted by Gasteiger charge is 2.30. The SMILES string of the molecule is C=CC(CCCc1cccc(Oc2ccccc2)n1)c1ccc(C(F)(F)F)cc1. The number of hydrogen-bond donors (Lipinski definition) is 0. The van der Waals surface area contributed by atoms with Crippen LogP contribution in [0.4, 0.5) is 13.2 Å². The molecule has 0 bridgehead atoms. The summed E-state index contributed by atoms with van der Waals surface area (Å²) in [6, 6.07) is 20.4. The van der Waals surface area contributed by atoms with Crippen molar-refractivity contribution in [2.45, 2.75) is 31.4 Å². The summed E-state index contributed by atoms with van der Waals surface area (Å²) < 4.78 is 43.9. The molecule has 0 aliphatic carbocycles. The minimum absolute atomic E-state index is 0.000958. The molecule has 0 radical (unpaired) electrons. The van der Waals surface area contributed by atoms with E-state index >= 15 is 0 Å². The van der Waals surface area contributed by atoms with Gasteiger partial charge < -0.3 is 4.74 Å². The van der Waals surface area contributed by atoms with Crippen LogP contribution in [0, 0.1) is 0 Å². The van der Waals surface area contributed by atoms with Crippen LogP contribution in [0.3, 0.4) is 0 Å². The molecular weight excluding hydrogens is 375 g/mol. The number of alkyl halides is 3. The molecule has 3 aromatic rings. The maximum Gasteiger partial charge on any atom is 0.416 e. The van der Waals surface area contributed by atoms with Gasteiger partial charge in [-0.3, -0.25) is 0 Å². The zero-order valence-corrected chi connectivity index (χ0v) is 15.9. The van der Waals surface area contributed by atoms with Crippen molar-refractivity contribution in [3.8, 4) is 11.6 Å². The van der Waals surface area contributed by atoms with Crippen LogP contribution in [0.25, 0.3) is 0 Å². The molecule has 0 fully saturated rings. The van der Waals surface area contributed by atoms with Gasteiger partial charge in [0.25, 0.3) is 0 Å². The molecular formula is C24H22F3NO. The Morgan fingerprint density at radius 1 is 0.931 bits per heavy atom. The van der Waals surface area contributed by atoms with E-state index in [4.69, 9.17) is 4.74 Å². The molecule has 3 rings (SSSR count). The Morgan fingerprint density at radius 3 is 2.31 bits per heavy atom. The van der Waals surface area contributed by atoms with Crippen molar-refractivity contribution in [3.05, 3.63) is 102 Å². The highest BCUT2D eigenvalue weighted by Crippen LogP contribution is 2.31. The second kappa shape index (κ2) is 9.41. The first kappa shape index (κ1) is 20.6. The van der Waals surface area contributed by atoms with Crippen molar-refractivity contribution in [3.63, 3.8) is 0 Å². The van der Waals surface area contributed by atoms with E-state index in [0.29, 0.717) is 5.88 Å². The number of para-hydroxylation sites is 1. The summed E-state index contributed by atoms with van der Waals surface area (Å²) in [5.74, 6) is 1.27. The number of benzene rings is 2. The summed E-state index contributed by atoms with van der Waals surface area (Å²) in [5, 5.41) is 0. The zero-order valence-electron chi connectivity index (χ0n) is 15.9. The zero-order chi connectivity index (χ0) is 20.7. The minimum Gasteiger partial charge on any atom is -0.439 e. The van der Waals surface area contributed by atoms with Crippen molar-refractivity contribution < 1.29 is 17.9 Å². The minimum atomic E-state index is -4.32. The smallest absolute Gasteiger partial charge is 0.416 e. The van der Waals surface area contributed by atoms with Crippen LogP contribution in [0.15, 0.2) is 85.5 Å². The van der Waals surface area contributed by atoms with E-state index in [2.05, 4.69) is 11.6 Å². The van der Waals surface area contributed by atoms with Crippen LogP contribution in [0.5, 0.6) is 11.6 Å². The molecule has 2 aromatic carbocycles. The number of nitrogens with zero attached hydrogens (tertiary/aromatic N) is 1. The fourth-order valence-electron chi connectivity index (χ4n) is 3.11. The second-order valence-electron chi connectivity index (χ2n) is 6.74. The molecule has 0 aliphatic rings. The molecule has 0 aliphatic heterocycles. The van der Waals surface area contributed by atoms with Crippen molar-refractivity contribution >= 4 is 0 Å². The van der Waals surface area contributed by atoms with Gasteiger partial charge in [-0.1, -0.05) is 42.5 Å². The third-order valence-corrected chi connectivity index (χ3v) is 4.65. The second-order valence-corrected chi connectivity index (χ2v) is 6.74. The van der Waals surface area contributed by atoms with Gasteiger partial charge in [-0.15, -0.1) is 6.58 Å². The van der Waals surface area contributed by atoms with Gasteiger partial charge >= 0.3 is 6.18 Å². The van der Waals surface area contributed by atoms with Crippen LogP contribution in [0.1, 0.15) is 35.6 Å². The number of ether oxygens (including phenoxy) is 1. The first-order valence-electron chi connectivity index (χ1n) is 9.44. The van der Waals surface area contributed by atoms with E-state index in [1.807, 2.05) is 48.5 Å². The first-order chi connectivity index (χ1) is 14.0. The van der Waals surface area contributed by atoms with E-state index < -0.39 is 11.7 Å². The van der Waals surface area contributed by atoms with Gasteiger partial charge in [0.15, 0.2) is 0 Å². The summed E-state index contributed by atoms with van der Waals surface area (Å²) in [5.41, 5.74) is 1.11. The molecule has 2 nitrogen and oxygen atoms in total. The lowest BCUT2D eigenvalue weighted by Gasteiger charge is -2.14. The number of allylic oxidation sites excluding steroid dienone is 1. The predicted octanol–water partition coefficient (Wildman–Crippen LogP) is 7.19. The van der Waals surface area contributed by atoms with Crippen molar-refractivity contribution in [2.24, 2.45) is 0 Å². The molecule has 1 unspecified atom stereocenters. The van der Waals surface area contributed by atoms with Crippen molar-refractivity contribution in [1.82, 2.24) is 4.98 Å². The highest BCUT2D eigenvalue weighted by atomic mass is 19.4. The number of aryl methyl sites for hydroxylation is 1. The summed E-state index contributed by atoms with van der Waals surface area (Å²) in [6.07, 6.45) is -0.178. The topological polar surface area (TPSA) is 22.1 Å². The van der Waals surface area contributed by atoms with Crippen LogP contribution >= 0.6 is 0 Å². The Balaban J connectivity index is 1.57. The monoisotopic (exact) mass is 397 g/mol. The largest absolute Gasteiger partial charge is 0.439 e. The molecule has 0 spiro atoms. The molecule has 0 saturated carbocycles. The van der Waals surface area contributed by atoms with E-state index in [0.717, 1.165) is 48.4 Å². The summed E-state index contributed by atoms with van der Waals surface area (Å²) >= 11 is 0. The normalized spacial score (nSPS) is 12.4. The van der Waals surface area contributed by atoms with Crippen LogP contribution in [-0.4, -0.2) is 4.98 Å². The quantitative estimate of drug-likeness (QED) is 0.375. The predicted molar refractivity (Wildman–Crippen MR) is 108 cm³/mol. The highest BCUT2D eigenvalue weighted by molar-refractivity contribution is 5.29. The fourth-order valence-corrected chi connectivity index (χ4v) is 3.11. The van der Waals surface area contributed by atoms with Gasteiger partial charge in [-0.2, -0.15) is 13.2 Å². The molecule has 29 heavy (non-hydrogen) atoms. The van der Waals surface area contributed by atoms with E-state index in [-0.39, 0.29) is 5.92 Å². The third-order valence-electron chi connectivity index (χ3n) is 4.65. The van der Waals surface area contributed by atoms with E-state index in [1.165, 1.54) is 12.1 Å². The molecule has 5 heteroatoms. The number of aromatic nitrogens is 1. The van der Waals surface area contributed by atoms with Crippen LogP contribution < -0.4 is 4.74 Å². The average Bonchev–Trinajstić information content (AvgIpc) is 2.72. The van der Waals surface area contributed by atoms with Gasteiger partial charge in [0, 0.05) is 17.7 Å². The molecule has 150 valence electrons. The Labute approximate surface area is 168 Å². The Hall–Kier alpha value is -3.08. The lowest BCUT2D eigenvalue weighted by Crippen LogP contribution is -2.05. The van der Waals surface area contributed by atoms with Gasteiger partial charge in [0.2, 0.25) is 5.88 Å². The van der Waals surface area contributed by atoms with E-state index in [9.17, 15) is 13.2 Å². The lowest BCUT2D eigenvalue weighted by molar-refractivity contribution is -0.137. The fraction of sp³-hybridized carbons (Fsp3) is 0.208. The Kier molecular flexibility index (Phi) is 6.70. The molecule has 0 N–H and O–H groups in total. The van der Waals surface area contributed by atoms with Crippen LogP contribution in [0.2, 0.25) is 0 Å². The molecule has 1 aromatic heterocycles. The molecule has 1 atom stereocenters. The number of halogens is 3. The van der Waals surface area contributed by atoms with Gasteiger partial charge in [-0.05, 0) is 55.2 Å². The third kappa shape index (κ3) is 5.95. The van der Waals surface area contributed by atoms with Crippen LogP contribution in [-0.2, 0) is 12.6 Å². The average molecular weight is 397 g/mol. The maximum absolute atomic E-state index is 12.7. The summed E-state index contributed by atoms with van der Waals surface area (Å²) in [7, 11) is 0. The number of hydrogen-bond acceptors (Lipinski definition) is 2. The van der Waals surface area contributed by atoms with Gasteiger partial charge in [0.1, 0.15) is 5.75 Å². The maximum atomic E-state index is 12.7. The van der Waals surface area contributed by atoms with Gasteiger partial charge in [0.05, 0.1) is 5.56 Å². The molecule has 0 saturated heterocycles. The summed E-state index contributed by atoms with van der Waals surface area (Å²) in [4.78, 5) is 4.53. The first-order valence-corrected chi connectivity index (χ1v) is 9.44. The number of pyridine rings is 1. The molecule has 1 heterocycles. The van der Waals surface area contributed by atoms with Crippen molar-refractivity contribution in [1.29, 1.82) is 0 Å². The summed E-state index contributed by atoms with van der Waals surface area (Å²) in [6.45, 7) is 3.84. The lowest BCUT2D eigenvalue weighted by atomic mass is 9.92.